The molecule has 2 rings (SSSR count). The Labute approximate surface area is 111 Å². The maximum absolute atomic E-state index is 12.0. The van der Waals surface area contributed by atoms with Gasteiger partial charge in [0.25, 0.3) is 5.91 Å². The van der Waals surface area contributed by atoms with Crippen molar-refractivity contribution < 1.29 is 9.59 Å². The second-order valence-corrected chi connectivity index (χ2v) is 3.91. The van der Waals surface area contributed by atoms with Crippen LogP contribution in [-0.2, 0) is 9.59 Å². The molecule has 19 heavy (non-hydrogen) atoms. The first-order valence-corrected chi connectivity index (χ1v) is 5.94. The molecule has 0 saturated heterocycles. The molecular weight excluding hydrogens is 240 g/mol. The van der Waals surface area contributed by atoms with Gasteiger partial charge in [-0.2, -0.15) is 0 Å². The number of hydrogen-bond acceptors (Lipinski definition) is 3. The Morgan fingerprint density at radius 1 is 1.00 bits per heavy atom. The fourth-order valence-electron chi connectivity index (χ4n) is 1.65. The highest BCUT2D eigenvalue weighted by Crippen LogP contribution is 2.16. The van der Waals surface area contributed by atoms with Crippen LogP contribution in [0.3, 0.4) is 0 Å². The molecule has 4 nitrogen and oxygen atoms in total. The molecule has 0 heterocycles. The summed E-state index contributed by atoms with van der Waals surface area (Å²) in [4.78, 5) is 22.5. The number of hydrogen-bond donors (Lipinski definition) is 1. The van der Waals surface area contributed by atoms with Crippen molar-refractivity contribution in [1.29, 1.82) is 0 Å². The summed E-state index contributed by atoms with van der Waals surface area (Å²) in [6, 6.07) is 18.5. The number of carbonyl (C=O) groups is 2. The van der Waals surface area contributed by atoms with Crippen LogP contribution in [0.4, 0.5) is 11.4 Å². The zero-order chi connectivity index (χ0) is 13.5. The summed E-state index contributed by atoms with van der Waals surface area (Å²) in [7, 11) is 0. The first-order valence-electron chi connectivity index (χ1n) is 5.94. The summed E-state index contributed by atoms with van der Waals surface area (Å²) in [5, 5.41) is 1.38. The van der Waals surface area contributed by atoms with E-state index in [1.54, 1.807) is 12.1 Å². The van der Waals surface area contributed by atoms with E-state index in [2.05, 4.69) is 5.43 Å². The second kappa shape index (κ2) is 6.35. The minimum atomic E-state index is -0.301. The number of hydrazine groups is 1. The van der Waals surface area contributed by atoms with E-state index >= 15 is 0 Å². The highest BCUT2D eigenvalue weighted by atomic mass is 16.2. The Hall–Kier alpha value is -2.62. The number of aldehydes is 1. The molecule has 0 bridgehead atoms. The average molecular weight is 254 g/mol. The van der Waals surface area contributed by atoms with Crippen LogP contribution in [0.5, 0.6) is 0 Å². The molecule has 0 aliphatic heterocycles. The number of nitrogens with one attached hydrogen (secondary N) is 1. The molecule has 0 aromatic heterocycles. The van der Waals surface area contributed by atoms with Gasteiger partial charge >= 0.3 is 0 Å². The molecular formula is C15H14N2O2. The molecule has 1 N–H and O–H groups in total. The van der Waals surface area contributed by atoms with E-state index in [1.807, 2.05) is 48.5 Å². The lowest BCUT2D eigenvalue weighted by molar-refractivity contribution is -0.121. The first-order chi connectivity index (χ1) is 9.31. The van der Waals surface area contributed by atoms with Crippen molar-refractivity contribution in [3.63, 3.8) is 0 Å². The highest BCUT2D eigenvalue weighted by molar-refractivity contribution is 6.01. The van der Waals surface area contributed by atoms with Gasteiger partial charge in [0.15, 0.2) is 0 Å². The maximum Gasteiger partial charge on any atom is 0.252 e. The summed E-state index contributed by atoms with van der Waals surface area (Å²) in [6.07, 6.45) is 0.444. The van der Waals surface area contributed by atoms with Crippen LogP contribution in [-0.4, -0.2) is 12.2 Å². The predicted molar refractivity (Wildman–Crippen MR) is 74.7 cm³/mol. The zero-order valence-electron chi connectivity index (χ0n) is 10.3. The fourth-order valence-corrected chi connectivity index (χ4v) is 1.65. The van der Waals surface area contributed by atoms with Crippen LogP contribution in [0.2, 0.25) is 0 Å². The normalized spacial score (nSPS) is 9.68. The molecule has 0 fully saturated rings. The van der Waals surface area contributed by atoms with Crippen molar-refractivity contribution in [2.45, 2.75) is 6.42 Å². The summed E-state index contributed by atoms with van der Waals surface area (Å²) in [5.74, 6) is -0.301. The van der Waals surface area contributed by atoms with E-state index in [4.69, 9.17) is 0 Å². The molecule has 0 spiro atoms. The van der Waals surface area contributed by atoms with E-state index < -0.39 is 0 Å². The third-order valence-corrected chi connectivity index (χ3v) is 2.54. The number of amides is 1. The molecule has 0 aliphatic carbocycles. The third-order valence-electron chi connectivity index (χ3n) is 2.54. The molecule has 0 saturated carbocycles. The molecule has 1 amide bonds. The average Bonchev–Trinajstić information content (AvgIpc) is 2.47. The van der Waals surface area contributed by atoms with Gasteiger partial charge in [-0.05, 0) is 24.3 Å². The number of nitrogens with zero attached hydrogens (tertiary/aromatic N) is 1. The van der Waals surface area contributed by atoms with Gasteiger partial charge < -0.3 is 4.79 Å². The Morgan fingerprint density at radius 3 is 2.16 bits per heavy atom. The molecule has 2 aromatic rings. The minimum Gasteiger partial charge on any atom is -0.303 e. The lowest BCUT2D eigenvalue weighted by Gasteiger charge is -2.23. The van der Waals surface area contributed by atoms with Gasteiger partial charge in [-0.15, -0.1) is 0 Å². The maximum atomic E-state index is 12.0. The van der Waals surface area contributed by atoms with Gasteiger partial charge in [0, 0.05) is 0 Å². The second-order valence-electron chi connectivity index (χ2n) is 3.91. The quantitative estimate of drug-likeness (QED) is 0.507. The summed E-state index contributed by atoms with van der Waals surface area (Å²) in [6.45, 7) is 0. The van der Waals surface area contributed by atoms with Crippen LogP contribution in [0.15, 0.2) is 60.7 Å². The van der Waals surface area contributed by atoms with Crippen molar-refractivity contribution in [3.05, 3.63) is 60.7 Å². The van der Waals surface area contributed by atoms with Gasteiger partial charge in [-0.25, -0.2) is 5.01 Å². The number of carbonyl (C=O) groups excluding carboxylic acids is 2. The molecule has 2 aromatic carbocycles. The number of para-hydroxylation sites is 2. The van der Waals surface area contributed by atoms with Crippen LogP contribution in [0, 0.1) is 0 Å². The van der Waals surface area contributed by atoms with Crippen LogP contribution in [0.1, 0.15) is 6.42 Å². The Balaban J connectivity index is 2.25. The van der Waals surface area contributed by atoms with Crippen molar-refractivity contribution in [2.24, 2.45) is 0 Å². The van der Waals surface area contributed by atoms with E-state index in [1.165, 1.54) is 5.01 Å². The van der Waals surface area contributed by atoms with Crippen LogP contribution in [0.25, 0.3) is 0 Å². The lowest BCUT2D eigenvalue weighted by atomic mass is 10.3. The zero-order valence-corrected chi connectivity index (χ0v) is 10.3. The Morgan fingerprint density at radius 2 is 1.58 bits per heavy atom. The Kier molecular flexibility index (Phi) is 4.29. The molecule has 96 valence electrons. The standard InChI is InChI=1S/C15H14N2O2/c18-12-11-15(19)17(14-9-5-2-6-10-14)16-13-7-3-1-4-8-13/h1-10,12,16H,11H2. The van der Waals surface area contributed by atoms with E-state index in [9.17, 15) is 9.59 Å². The highest BCUT2D eigenvalue weighted by Gasteiger charge is 2.14. The van der Waals surface area contributed by atoms with Crippen molar-refractivity contribution in [1.82, 2.24) is 0 Å². The fraction of sp³-hybridized carbons (Fsp3) is 0.0667. The van der Waals surface area contributed by atoms with Crippen molar-refractivity contribution in [3.8, 4) is 0 Å². The van der Waals surface area contributed by atoms with Gasteiger partial charge in [0.1, 0.15) is 6.29 Å². The smallest absolute Gasteiger partial charge is 0.252 e. The molecule has 0 radical (unpaired) electrons. The Bertz CT molecular complexity index is 541. The monoisotopic (exact) mass is 254 g/mol. The van der Waals surface area contributed by atoms with Gasteiger partial charge in [-0.3, -0.25) is 10.2 Å². The third kappa shape index (κ3) is 3.42. The molecule has 0 aliphatic rings. The summed E-state index contributed by atoms with van der Waals surface area (Å²) < 4.78 is 0. The molecule has 0 atom stereocenters. The van der Waals surface area contributed by atoms with Crippen molar-refractivity contribution in [2.75, 3.05) is 10.4 Å². The van der Waals surface area contributed by atoms with Gasteiger partial charge in [0.05, 0.1) is 17.8 Å². The summed E-state index contributed by atoms with van der Waals surface area (Å²) >= 11 is 0. The van der Waals surface area contributed by atoms with Gasteiger partial charge in [-0.1, -0.05) is 36.4 Å². The number of rotatable bonds is 5. The van der Waals surface area contributed by atoms with Gasteiger partial charge in [0.2, 0.25) is 0 Å². The predicted octanol–water partition coefficient (Wildman–Crippen LogP) is 2.64. The summed E-state index contributed by atoms with van der Waals surface area (Å²) in [5.41, 5.74) is 4.48. The van der Waals surface area contributed by atoms with Crippen LogP contribution < -0.4 is 10.4 Å². The largest absolute Gasteiger partial charge is 0.303 e. The number of anilines is 2. The van der Waals surface area contributed by atoms with E-state index in [0.717, 1.165) is 5.69 Å². The van der Waals surface area contributed by atoms with E-state index in [0.29, 0.717) is 12.0 Å². The molecule has 0 unspecified atom stereocenters. The first kappa shape index (κ1) is 12.8. The van der Waals surface area contributed by atoms with E-state index in [-0.39, 0.29) is 12.3 Å². The number of benzene rings is 2. The molecule has 4 heteroatoms. The minimum absolute atomic E-state index is 0.158. The van der Waals surface area contributed by atoms with Crippen LogP contribution >= 0.6 is 0 Å². The topological polar surface area (TPSA) is 49.4 Å². The van der Waals surface area contributed by atoms with Crippen molar-refractivity contribution >= 4 is 23.6 Å². The SMILES string of the molecule is O=CCC(=O)N(Nc1ccccc1)c1ccccc1. The lowest BCUT2D eigenvalue weighted by Crippen LogP contribution is -2.36.